The number of aliphatic hydroxyl groups is 1. The molecule has 3 heteroatoms. The molecule has 108 valence electrons. The predicted molar refractivity (Wildman–Crippen MR) is 74.7 cm³/mol. The van der Waals surface area contributed by atoms with Crippen molar-refractivity contribution in [3.63, 3.8) is 0 Å². The van der Waals surface area contributed by atoms with E-state index in [1.54, 1.807) is 0 Å². The number of carbonyl (C=O) groups is 1. The van der Waals surface area contributed by atoms with Crippen LogP contribution in [0.3, 0.4) is 0 Å². The summed E-state index contributed by atoms with van der Waals surface area (Å²) in [5.41, 5.74) is 0. The maximum atomic E-state index is 12.7. The molecule has 2 saturated carbocycles. The summed E-state index contributed by atoms with van der Waals surface area (Å²) in [6.07, 6.45) is 11.1. The molecule has 3 unspecified atom stereocenters. The van der Waals surface area contributed by atoms with Crippen molar-refractivity contribution in [1.29, 1.82) is 0 Å². The van der Waals surface area contributed by atoms with Crippen LogP contribution in [-0.4, -0.2) is 34.6 Å². The number of hydrogen-bond donors (Lipinski definition) is 1. The zero-order valence-corrected chi connectivity index (χ0v) is 11.9. The summed E-state index contributed by atoms with van der Waals surface area (Å²) in [4.78, 5) is 14.9. The number of nitrogens with zero attached hydrogens (tertiary/aromatic N) is 1. The average molecular weight is 265 g/mol. The monoisotopic (exact) mass is 265 g/mol. The minimum Gasteiger partial charge on any atom is -0.393 e. The number of rotatable bonds is 2. The van der Waals surface area contributed by atoms with Gasteiger partial charge in [-0.3, -0.25) is 4.79 Å². The lowest BCUT2D eigenvalue weighted by Gasteiger charge is -2.41. The standard InChI is InChI=1S/C16H27NO2/c18-15-10-5-8-13(15)14-9-3-4-11-17(14)16(19)12-6-1-2-7-12/h12-15,18H,1-11H2. The molecule has 3 atom stereocenters. The van der Waals surface area contributed by atoms with Gasteiger partial charge in [0.25, 0.3) is 0 Å². The maximum absolute atomic E-state index is 12.7. The van der Waals surface area contributed by atoms with E-state index < -0.39 is 0 Å². The molecule has 3 nitrogen and oxygen atoms in total. The second-order valence-electron chi connectivity index (χ2n) is 6.74. The van der Waals surface area contributed by atoms with Gasteiger partial charge in [-0.2, -0.15) is 0 Å². The van der Waals surface area contributed by atoms with Gasteiger partial charge in [-0.15, -0.1) is 0 Å². The Labute approximate surface area is 116 Å². The normalized spacial score (nSPS) is 36.9. The molecule has 0 aromatic heterocycles. The topological polar surface area (TPSA) is 40.5 Å². The Morgan fingerprint density at radius 2 is 1.63 bits per heavy atom. The molecule has 1 amide bonds. The first-order valence-corrected chi connectivity index (χ1v) is 8.26. The second kappa shape index (κ2) is 5.82. The van der Waals surface area contributed by atoms with Crippen molar-refractivity contribution in [2.75, 3.05) is 6.54 Å². The maximum Gasteiger partial charge on any atom is 0.225 e. The summed E-state index contributed by atoms with van der Waals surface area (Å²) in [7, 11) is 0. The SMILES string of the molecule is O=C(C1CCCC1)N1CCCCC1C1CCCC1O. The highest BCUT2D eigenvalue weighted by Gasteiger charge is 2.40. The first-order chi connectivity index (χ1) is 9.27. The number of hydrogen-bond acceptors (Lipinski definition) is 2. The zero-order valence-electron chi connectivity index (χ0n) is 11.9. The second-order valence-corrected chi connectivity index (χ2v) is 6.74. The number of likely N-dealkylation sites (tertiary alicyclic amines) is 1. The van der Waals surface area contributed by atoms with Crippen molar-refractivity contribution < 1.29 is 9.90 Å². The van der Waals surface area contributed by atoms with Gasteiger partial charge in [0.15, 0.2) is 0 Å². The molecule has 1 saturated heterocycles. The van der Waals surface area contributed by atoms with Gasteiger partial charge in [0, 0.05) is 24.4 Å². The highest BCUT2D eigenvalue weighted by atomic mass is 16.3. The predicted octanol–water partition coefficient (Wildman–Crippen LogP) is 2.72. The Bertz CT molecular complexity index is 325. The van der Waals surface area contributed by atoms with Gasteiger partial charge in [0.1, 0.15) is 0 Å². The van der Waals surface area contributed by atoms with Crippen LogP contribution in [0.1, 0.15) is 64.2 Å². The summed E-state index contributed by atoms with van der Waals surface area (Å²) in [6.45, 7) is 0.934. The minimum absolute atomic E-state index is 0.165. The Morgan fingerprint density at radius 1 is 0.895 bits per heavy atom. The summed E-state index contributed by atoms with van der Waals surface area (Å²) in [6, 6.07) is 0.333. The molecule has 1 aliphatic heterocycles. The molecular formula is C16H27NO2. The van der Waals surface area contributed by atoms with Gasteiger partial charge in [-0.25, -0.2) is 0 Å². The highest BCUT2D eigenvalue weighted by molar-refractivity contribution is 5.79. The van der Waals surface area contributed by atoms with E-state index in [9.17, 15) is 9.90 Å². The van der Waals surface area contributed by atoms with E-state index >= 15 is 0 Å². The van der Waals surface area contributed by atoms with Crippen LogP contribution in [0.5, 0.6) is 0 Å². The van der Waals surface area contributed by atoms with Crippen LogP contribution in [0, 0.1) is 11.8 Å². The van der Waals surface area contributed by atoms with Crippen molar-refractivity contribution in [1.82, 2.24) is 4.90 Å². The van der Waals surface area contributed by atoms with Gasteiger partial charge in [0.05, 0.1) is 6.10 Å². The Hall–Kier alpha value is -0.570. The molecule has 3 fully saturated rings. The summed E-state index contributed by atoms with van der Waals surface area (Å²) in [5, 5.41) is 10.2. The van der Waals surface area contributed by atoms with Gasteiger partial charge >= 0.3 is 0 Å². The quantitative estimate of drug-likeness (QED) is 0.834. The van der Waals surface area contributed by atoms with Crippen LogP contribution in [0.4, 0.5) is 0 Å². The van der Waals surface area contributed by atoms with Gasteiger partial charge in [-0.1, -0.05) is 19.3 Å². The van der Waals surface area contributed by atoms with Crippen LogP contribution < -0.4 is 0 Å². The molecule has 0 spiro atoms. The van der Waals surface area contributed by atoms with Crippen molar-refractivity contribution in [2.45, 2.75) is 76.4 Å². The lowest BCUT2D eigenvalue weighted by atomic mass is 9.86. The minimum atomic E-state index is -0.165. The fraction of sp³-hybridized carbons (Fsp3) is 0.938. The fourth-order valence-electron chi connectivity index (χ4n) is 4.50. The van der Waals surface area contributed by atoms with Crippen LogP contribution in [-0.2, 0) is 4.79 Å². The summed E-state index contributed by atoms with van der Waals surface area (Å²) >= 11 is 0. The number of piperidine rings is 1. The van der Waals surface area contributed by atoms with E-state index in [-0.39, 0.29) is 6.10 Å². The molecule has 1 N–H and O–H groups in total. The van der Waals surface area contributed by atoms with Gasteiger partial charge in [0.2, 0.25) is 5.91 Å². The Balaban J connectivity index is 1.71. The molecule has 0 radical (unpaired) electrons. The smallest absolute Gasteiger partial charge is 0.225 e. The van der Waals surface area contributed by atoms with E-state index in [4.69, 9.17) is 0 Å². The fourth-order valence-corrected chi connectivity index (χ4v) is 4.50. The van der Waals surface area contributed by atoms with Gasteiger partial charge in [-0.05, 0) is 44.9 Å². The largest absolute Gasteiger partial charge is 0.393 e. The lowest BCUT2D eigenvalue weighted by molar-refractivity contribution is -0.141. The summed E-state index contributed by atoms with van der Waals surface area (Å²) in [5.74, 6) is 1.05. The molecule has 1 heterocycles. The third kappa shape index (κ3) is 2.67. The van der Waals surface area contributed by atoms with Crippen molar-refractivity contribution in [2.24, 2.45) is 11.8 Å². The molecule has 19 heavy (non-hydrogen) atoms. The number of aliphatic hydroxyl groups excluding tert-OH is 1. The Kier molecular flexibility index (Phi) is 4.11. The third-order valence-electron chi connectivity index (χ3n) is 5.56. The van der Waals surface area contributed by atoms with Crippen LogP contribution >= 0.6 is 0 Å². The van der Waals surface area contributed by atoms with Crippen LogP contribution in [0.15, 0.2) is 0 Å². The van der Waals surface area contributed by atoms with E-state index in [0.29, 0.717) is 23.8 Å². The van der Waals surface area contributed by atoms with Crippen LogP contribution in [0.25, 0.3) is 0 Å². The molecular weight excluding hydrogens is 238 g/mol. The lowest BCUT2D eigenvalue weighted by Crippen LogP contribution is -2.50. The number of carbonyl (C=O) groups excluding carboxylic acids is 1. The van der Waals surface area contributed by atoms with E-state index in [1.807, 2.05) is 0 Å². The molecule has 0 bridgehead atoms. The van der Waals surface area contributed by atoms with E-state index in [0.717, 1.165) is 51.5 Å². The van der Waals surface area contributed by atoms with E-state index in [2.05, 4.69) is 4.90 Å². The van der Waals surface area contributed by atoms with Crippen molar-refractivity contribution in [3.05, 3.63) is 0 Å². The van der Waals surface area contributed by atoms with E-state index in [1.165, 1.54) is 19.3 Å². The molecule has 3 aliphatic rings. The highest BCUT2D eigenvalue weighted by Crippen LogP contribution is 2.37. The Morgan fingerprint density at radius 3 is 2.32 bits per heavy atom. The first kappa shape index (κ1) is 13.4. The van der Waals surface area contributed by atoms with Crippen molar-refractivity contribution >= 4 is 5.91 Å². The van der Waals surface area contributed by atoms with Gasteiger partial charge < -0.3 is 10.0 Å². The van der Waals surface area contributed by atoms with Crippen LogP contribution in [0.2, 0.25) is 0 Å². The zero-order chi connectivity index (χ0) is 13.2. The first-order valence-electron chi connectivity index (χ1n) is 8.26. The number of amides is 1. The third-order valence-corrected chi connectivity index (χ3v) is 5.56. The van der Waals surface area contributed by atoms with Crippen molar-refractivity contribution in [3.8, 4) is 0 Å². The molecule has 0 aromatic carbocycles. The average Bonchev–Trinajstić information content (AvgIpc) is 3.09. The molecule has 2 aliphatic carbocycles. The summed E-state index contributed by atoms with van der Waals surface area (Å²) < 4.78 is 0. The molecule has 0 aromatic rings. The molecule has 3 rings (SSSR count).